The van der Waals surface area contributed by atoms with Gasteiger partial charge in [0.05, 0.1) is 5.60 Å². The fourth-order valence-electron chi connectivity index (χ4n) is 4.99. The summed E-state index contributed by atoms with van der Waals surface area (Å²) >= 11 is 0. The molecule has 0 spiro atoms. The molecule has 0 radical (unpaired) electrons. The Labute approximate surface area is 185 Å². The molecule has 1 atom stereocenters. The van der Waals surface area contributed by atoms with Gasteiger partial charge in [0.1, 0.15) is 11.6 Å². The number of aliphatic hydroxyl groups is 1. The third-order valence-corrected chi connectivity index (χ3v) is 7.01. The van der Waals surface area contributed by atoms with Crippen molar-refractivity contribution in [3.63, 3.8) is 0 Å². The largest absolute Gasteiger partial charge is 0.508 e. The van der Waals surface area contributed by atoms with Gasteiger partial charge in [-0.3, -0.25) is 0 Å². The lowest BCUT2D eigenvalue weighted by Gasteiger charge is -2.44. The van der Waals surface area contributed by atoms with Crippen molar-refractivity contribution < 1.29 is 10.2 Å². The number of aromatic nitrogens is 1. The van der Waals surface area contributed by atoms with E-state index in [-0.39, 0.29) is 11.2 Å². The minimum atomic E-state index is -0.788. The van der Waals surface area contributed by atoms with Crippen LogP contribution >= 0.6 is 0 Å². The number of aromatic hydroxyl groups is 1. The maximum atomic E-state index is 11.0. The molecule has 1 fully saturated rings. The van der Waals surface area contributed by atoms with E-state index >= 15 is 0 Å². The first kappa shape index (κ1) is 21.4. The van der Waals surface area contributed by atoms with Crippen molar-refractivity contribution in [2.45, 2.75) is 50.5 Å². The minimum Gasteiger partial charge on any atom is -0.508 e. The highest BCUT2D eigenvalue weighted by Crippen LogP contribution is 2.43. The number of benzene rings is 2. The fraction of sp³-hybridized carbons (Fsp3) is 0.370. The molecule has 1 saturated heterocycles. The van der Waals surface area contributed by atoms with Gasteiger partial charge in [0, 0.05) is 24.7 Å². The number of nitrogens with zero attached hydrogens (tertiary/aromatic N) is 2. The smallest absolute Gasteiger partial charge is 0.128 e. The van der Waals surface area contributed by atoms with E-state index in [0.717, 1.165) is 42.9 Å². The SMILES string of the molecule is CCC(O)(CC)c1ccc(C2(c3cccc(O)c3)CCCN(c3ccccn3)C2)cc1. The highest BCUT2D eigenvalue weighted by Gasteiger charge is 2.39. The number of piperidine rings is 1. The molecular weight excluding hydrogens is 384 g/mol. The highest BCUT2D eigenvalue weighted by atomic mass is 16.3. The number of pyridine rings is 1. The molecule has 4 nitrogen and oxygen atoms in total. The monoisotopic (exact) mass is 416 g/mol. The second kappa shape index (κ2) is 8.72. The molecular formula is C27H32N2O2. The Balaban J connectivity index is 1.78. The predicted molar refractivity (Wildman–Crippen MR) is 125 cm³/mol. The average molecular weight is 417 g/mol. The van der Waals surface area contributed by atoms with E-state index in [0.29, 0.717) is 12.8 Å². The maximum Gasteiger partial charge on any atom is 0.128 e. The zero-order valence-electron chi connectivity index (χ0n) is 18.5. The first-order valence-corrected chi connectivity index (χ1v) is 11.3. The number of hydrogen-bond donors (Lipinski definition) is 2. The van der Waals surface area contributed by atoms with E-state index in [1.165, 1.54) is 5.56 Å². The van der Waals surface area contributed by atoms with Crippen LogP contribution in [0.15, 0.2) is 72.9 Å². The Morgan fingerprint density at radius 3 is 2.39 bits per heavy atom. The topological polar surface area (TPSA) is 56.6 Å². The van der Waals surface area contributed by atoms with Crippen molar-refractivity contribution >= 4 is 5.82 Å². The Morgan fingerprint density at radius 2 is 1.74 bits per heavy atom. The van der Waals surface area contributed by atoms with Crippen molar-refractivity contribution in [3.05, 3.63) is 89.6 Å². The summed E-state index contributed by atoms with van der Waals surface area (Å²) in [5.74, 6) is 1.27. The first-order valence-electron chi connectivity index (χ1n) is 11.3. The van der Waals surface area contributed by atoms with Crippen LogP contribution in [-0.2, 0) is 11.0 Å². The van der Waals surface area contributed by atoms with Gasteiger partial charge < -0.3 is 15.1 Å². The van der Waals surface area contributed by atoms with Gasteiger partial charge in [-0.05, 0) is 66.6 Å². The lowest BCUT2D eigenvalue weighted by Crippen LogP contribution is -2.47. The van der Waals surface area contributed by atoms with Crippen LogP contribution in [0.25, 0.3) is 0 Å². The van der Waals surface area contributed by atoms with Crippen molar-refractivity contribution in [1.82, 2.24) is 4.98 Å². The van der Waals surface area contributed by atoms with Crippen LogP contribution in [0.3, 0.4) is 0 Å². The normalized spacial score (nSPS) is 19.4. The Hall–Kier alpha value is -2.85. The number of hydrogen-bond acceptors (Lipinski definition) is 4. The molecule has 2 heterocycles. The van der Waals surface area contributed by atoms with Crippen molar-refractivity contribution in [2.24, 2.45) is 0 Å². The maximum absolute atomic E-state index is 11.0. The standard InChI is InChI=1S/C27H32N2O2/c1-3-27(31,4-2)22-14-12-21(13-15-22)26(23-9-7-10-24(30)19-23)16-8-18-29(20-26)25-11-5-6-17-28-25/h5-7,9-15,17,19,30-31H,3-4,8,16,18,20H2,1-2H3. The van der Waals surface area contributed by atoms with E-state index in [9.17, 15) is 10.2 Å². The second-order valence-electron chi connectivity index (χ2n) is 8.66. The van der Waals surface area contributed by atoms with Crippen LogP contribution < -0.4 is 4.90 Å². The van der Waals surface area contributed by atoms with Gasteiger partial charge in [0.15, 0.2) is 0 Å². The first-order chi connectivity index (χ1) is 15.0. The molecule has 4 rings (SSSR count). The van der Waals surface area contributed by atoms with Crippen molar-refractivity contribution in [2.75, 3.05) is 18.0 Å². The zero-order chi connectivity index (χ0) is 21.9. The summed E-state index contributed by atoms with van der Waals surface area (Å²) < 4.78 is 0. The molecule has 3 aromatic rings. The molecule has 4 heteroatoms. The van der Waals surface area contributed by atoms with Gasteiger partial charge in [-0.25, -0.2) is 4.98 Å². The van der Waals surface area contributed by atoms with Crippen LogP contribution in [0.2, 0.25) is 0 Å². The third-order valence-electron chi connectivity index (χ3n) is 7.01. The number of phenolic OH excluding ortho intramolecular Hbond substituents is 1. The van der Waals surface area contributed by atoms with Crippen LogP contribution in [0.4, 0.5) is 5.82 Å². The summed E-state index contributed by atoms with van der Waals surface area (Å²) in [5.41, 5.74) is 2.23. The molecule has 1 aromatic heterocycles. The number of anilines is 1. The molecule has 1 aliphatic heterocycles. The molecule has 0 bridgehead atoms. The van der Waals surface area contributed by atoms with Gasteiger partial charge in [0.2, 0.25) is 0 Å². The van der Waals surface area contributed by atoms with Crippen molar-refractivity contribution in [3.8, 4) is 5.75 Å². The zero-order valence-corrected chi connectivity index (χ0v) is 18.5. The quantitative estimate of drug-likeness (QED) is 0.566. The van der Waals surface area contributed by atoms with Crippen LogP contribution in [-0.4, -0.2) is 28.3 Å². The van der Waals surface area contributed by atoms with E-state index < -0.39 is 5.60 Å². The average Bonchev–Trinajstić information content (AvgIpc) is 2.84. The summed E-state index contributed by atoms with van der Waals surface area (Å²) in [4.78, 5) is 6.93. The molecule has 0 saturated carbocycles. The Bertz CT molecular complexity index is 999. The summed E-state index contributed by atoms with van der Waals surface area (Å²) in [6.45, 7) is 5.80. The third kappa shape index (κ3) is 4.05. The van der Waals surface area contributed by atoms with Gasteiger partial charge in [0.25, 0.3) is 0 Å². The number of rotatable bonds is 6. The summed E-state index contributed by atoms with van der Waals surface area (Å²) in [6.07, 6.45) is 5.24. The van der Waals surface area contributed by atoms with E-state index in [4.69, 9.17) is 0 Å². The van der Waals surface area contributed by atoms with Gasteiger partial charge in [-0.1, -0.05) is 56.3 Å². The van der Waals surface area contributed by atoms with E-state index in [2.05, 4.69) is 46.3 Å². The number of phenols is 1. The van der Waals surface area contributed by atoms with Crippen molar-refractivity contribution in [1.29, 1.82) is 0 Å². The minimum absolute atomic E-state index is 0.260. The molecule has 0 amide bonds. The molecule has 1 aliphatic rings. The molecule has 0 aliphatic carbocycles. The summed E-state index contributed by atoms with van der Waals surface area (Å²) in [5, 5.41) is 21.2. The van der Waals surface area contributed by atoms with Gasteiger partial charge in [-0.15, -0.1) is 0 Å². The van der Waals surface area contributed by atoms with E-state index in [1.54, 1.807) is 6.07 Å². The van der Waals surface area contributed by atoms with Crippen LogP contribution in [0.5, 0.6) is 5.75 Å². The molecule has 1 unspecified atom stereocenters. The molecule has 31 heavy (non-hydrogen) atoms. The van der Waals surface area contributed by atoms with Gasteiger partial charge in [-0.2, -0.15) is 0 Å². The second-order valence-corrected chi connectivity index (χ2v) is 8.66. The summed E-state index contributed by atoms with van der Waals surface area (Å²) in [7, 11) is 0. The fourth-order valence-corrected chi connectivity index (χ4v) is 4.99. The molecule has 2 N–H and O–H groups in total. The van der Waals surface area contributed by atoms with Crippen LogP contribution in [0, 0.1) is 0 Å². The highest BCUT2D eigenvalue weighted by molar-refractivity contribution is 5.49. The molecule has 2 aromatic carbocycles. The molecule has 162 valence electrons. The lowest BCUT2D eigenvalue weighted by atomic mass is 9.68. The summed E-state index contributed by atoms with van der Waals surface area (Å²) in [6, 6.07) is 22.2. The van der Waals surface area contributed by atoms with Crippen LogP contribution in [0.1, 0.15) is 56.2 Å². The Kier molecular flexibility index (Phi) is 6.01. The lowest BCUT2D eigenvalue weighted by molar-refractivity contribution is 0.0283. The Morgan fingerprint density at radius 1 is 0.968 bits per heavy atom. The van der Waals surface area contributed by atoms with Gasteiger partial charge >= 0.3 is 0 Å². The van der Waals surface area contributed by atoms with E-state index in [1.807, 2.05) is 44.3 Å². The predicted octanol–water partition coefficient (Wildman–Crippen LogP) is 5.38.